The molecule has 0 N–H and O–H groups in total. The van der Waals surface area contributed by atoms with Crippen LogP contribution in [-0.4, -0.2) is 78.1 Å². The van der Waals surface area contributed by atoms with Crippen LogP contribution in [0.2, 0.25) is 6.04 Å². The Kier molecular flexibility index (Phi) is 7.57. The number of benzene rings is 1. The van der Waals surface area contributed by atoms with Crippen molar-refractivity contribution in [3.63, 3.8) is 0 Å². The third kappa shape index (κ3) is 5.93. The van der Waals surface area contributed by atoms with Crippen LogP contribution in [0.25, 0.3) is 0 Å². The van der Waals surface area contributed by atoms with Crippen molar-refractivity contribution in [2.75, 3.05) is 47.5 Å². The molecule has 2 rings (SSSR count). The number of rotatable bonds is 10. The average Bonchev–Trinajstić information content (AvgIpc) is 3.10. The second kappa shape index (κ2) is 9.67. The maximum absolute atomic E-state index is 12.0. The van der Waals surface area contributed by atoms with Crippen molar-refractivity contribution in [3.8, 4) is 0 Å². The molecule has 0 saturated carbocycles. The van der Waals surface area contributed by atoms with E-state index in [1.807, 2.05) is 41.2 Å². The van der Waals surface area contributed by atoms with E-state index in [0.717, 1.165) is 25.2 Å². The van der Waals surface area contributed by atoms with E-state index in [4.69, 9.17) is 18.0 Å². The number of hydrogen-bond donors (Lipinski definition) is 0. The van der Waals surface area contributed by atoms with Crippen LogP contribution in [0.5, 0.6) is 0 Å². The van der Waals surface area contributed by atoms with Gasteiger partial charge in [-0.3, -0.25) is 9.48 Å². The van der Waals surface area contributed by atoms with Crippen LogP contribution in [0.4, 0.5) is 0 Å². The molecule has 1 aromatic rings. The highest BCUT2D eigenvalue weighted by molar-refractivity contribution is 6.60. The molecule has 1 aliphatic rings. The summed E-state index contributed by atoms with van der Waals surface area (Å²) in [5, 5.41) is 0. The number of esters is 1. The lowest BCUT2D eigenvalue weighted by Gasteiger charge is -2.24. The minimum Gasteiger partial charge on any atom is -0.458 e. The second-order valence-corrected chi connectivity index (χ2v) is 8.90. The molecule has 7 nitrogen and oxygen atoms in total. The number of carbonyl (C=O) groups excluding carboxylic acids is 1. The van der Waals surface area contributed by atoms with E-state index in [-0.39, 0.29) is 12.5 Å². The molecular weight excluding hydrogens is 340 g/mol. The van der Waals surface area contributed by atoms with Gasteiger partial charge in [-0.05, 0) is 5.56 Å². The van der Waals surface area contributed by atoms with Crippen molar-refractivity contribution in [1.29, 1.82) is 0 Å². The fourth-order valence-electron chi connectivity index (χ4n) is 2.68. The molecule has 0 unspecified atom stereocenters. The van der Waals surface area contributed by atoms with Crippen molar-refractivity contribution < 1.29 is 27.4 Å². The smallest absolute Gasteiger partial charge is 0.458 e. The molecule has 25 heavy (non-hydrogen) atoms. The van der Waals surface area contributed by atoms with Gasteiger partial charge in [-0.25, -0.2) is 4.79 Å². The summed E-state index contributed by atoms with van der Waals surface area (Å²) in [5.74, 6) is -0.226. The Morgan fingerprint density at radius 2 is 1.84 bits per heavy atom. The molecule has 0 fully saturated rings. The van der Waals surface area contributed by atoms with E-state index in [2.05, 4.69) is 4.90 Å². The molecule has 0 radical (unpaired) electrons. The zero-order valence-corrected chi connectivity index (χ0v) is 16.1. The number of carbonyl (C=O) groups is 1. The molecule has 1 heterocycles. The Bertz CT molecular complexity index is 569. The van der Waals surface area contributed by atoms with E-state index >= 15 is 0 Å². The molecule has 0 saturated heterocycles. The van der Waals surface area contributed by atoms with Gasteiger partial charge in [0, 0.05) is 21.3 Å². The predicted octanol–water partition coefficient (Wildman–Crippen LogP) is 0.964. The summed E-state index contributed by atoms with van der Waals surface area (Å²) < 4.78 is 23.6. The normalized spacial score (nSPS) is 14.5. The van der Waals surface area contributed by atoms with Crippen LogP contribution in [0.3, 0.4) is 0 Å². The minimum atomic E-state index is -2.56. The van der Waals surface area contributed by atoms with Gasteiger partial charge >= 0.3 is 14.8 Å². The highest BCUT2D eigenvalue weighted by atomic mass is 28.4. The summed E-state index contributed by atoms with van der Waals surface area (Å²) >= 11 is 0. The van der Waals surface area contributed by atoms with E-state index in [9.17, 15) is 4.79 Å². The zero-order valence-electron chi connectivity index (χ0n) is 15.1. The molecule has 1 aliphatic heterocycles. The van der Waals surface area contributed by atoms with Crippen LogP contribution in [0, 0.1) is 0 Å². The van der Waals surface area contributed by atoms with Crippen LogP contribution >= 0.6 is 0 Å². The summed E-state index contributed by atoms with van der Waals surface area (Å²) in [5.41, 5.74) is 0.989. The number of hydrogen-bond acceptors (Lipinski definition) is 6. The number of ether oxygens (including phenoxy) is 1. The van der Waals surface area contributed by atoms with Gasteiger partial charge in [0.05, 0.1) is 12.6 Å². The average molecular weight is 367 g/mol. The molecule has 0 amide bonds. The molecule has 0 atom stereocenters. The van der Waals surface area contributed by atoms with Crippen LogP contribution in [0.15, 0.2) is 30.3 Å². The van der Waals surface area contributed by atoms with E-state index in [0.29, 0.717) is 12.7 Å². The van der Waals surface area contributed by atoms with Gasteiger partial charge in [0.25, 0.3) is 0 Å². The standard InChI is InChI=1S/C17H27N2O5Si/c1-21-25(22-2,23-3)12-11-18-9-10-19(15-18)13-17(20)24-14-16-7-5-4-6-8-16/h4-8,15H,9-14H2,1-3H3/q+1. The zero-order chi connectivity index (χ0) is 18.1. The van der Waals surface area contributed by atoms with Gasteiger partial charge in [-0.15, -0.1) is 0 Å². The van der Waals surface area contributed by atoms with Gasteiger partial charge in [0.15, 0.2) is 6.54 Å². The monoisotopic (exact) mass is 367 g/mol. The SMILES string of the molecule is CO[Si](CCN1C=[N+](CC(=O)OCc2ccccc2)CC1)(OC)OC. The van der Waals surface area contributed by atoms with Gasteiger partial charge < -0.3 is 18.0 Å². The Balaban J connectivity index is 1.76. The molecule has 1 aromatic carbocycles. The Morgan fingerprint density at radius 1 is 1.16 bits per heavy atom. The lowest BCUT2D eigenvalue weighted by molar-refractivity contribution is -0.504. The quantitative estimate of drug-likeness (QED) is 0.349. The summed E-state index contributed by atoms with van der Waals surface area (Å²) in [4.78, 5) is 14.1. The van der Waals surface area contributed by atoms with Crippen LogP contribution in [-0.2, 0) is 29.4 Å². The minimum absolute atomic E-state index is 0.226. The maximum Gasteiger partial charge on any atom is 0.504 e. The number of nitrogens with zero attached hydrogens (tertiary/aromatic N) is 2. The largest absolute Gasteiger partial charge is 0.504 e. The van der Waals surface area contributed by atoms with E-state index in [1.54, 1.807) is 21.3 Å². The summed E-state index contributed by atoms with van der Waals surface area (Å²) in [6.07, 6.45) is 1.96. The highest BCUT2D eigenvalue weighted by Gasteiger charge is 2.39. The lowest BCUT2D eigenvalue weighted by atomic mass is 10.2. The first kappa shape index (κ1) is 19.6. The molecule has 0 aromatic heterocycles. The molecule has 0 bridgehead atoms. The van der Waals surface area contributed by atoms with Crippen molar-refractivity contribution in [2.45, 2.75) is 12.7 Å². The van der Waals surface area contributed by atoms with Crippen molar-refractivity contribution in [1.82, 2.24) is 4.90 Å². The van der Waals surface area contributed by atoms with Gasteiger partial charge in [0.2, 0.25) is 6.34 Å². The first-order valence-corrected chi connectivity index (χ1v) is 10.2. The molecule has 0 spiro atoms. The fraction of sp³-hybridized carbons (Fsp3) is 0.529. The Morgan fingerprint density at radius 3 is 2.48 bits per heavy atom. The van der Waals surface area contributed by atoms with E-state index in [1.165, 1.54) is 0 Å². The third-order valence-corrected chi connectivity index (χ3v) is 6.92. The predicted molar refractivity (Wildman–Crippen MR) is 95.5 cm³/mol. The maximum atomic E-state index is 12.0. The first-order chi connectivity index (χ1) is 12.1. The molecule has 138 valence electrons. The molecule has 8 heteroatoms. The van der Waals surface area contributed by atoms with Crippen molar-refractivity contribution in [2.24, 2.45) is 0 Å². The van der Waals surface area contributed by atoms with Crippen molar-refractivity contribution in [3.05, 3.63) is 35.9 Å². The van der Waals surface area contributed by atoms with Gasteiger partial charge in [-0.2, -0.15) is 0 Å². The van der Waals surface area contributed by atoms with E-state index < -0.39 is 8.80 Å². The fourth-order valence-corrected chi connectivity index (χ4v) is 4.35. The lowest BCUT2D eigenvalue weighted by Crippen LogP contribution is -2.45. The summed E-state index contributed by atoms with van der Waals surface area (Å²) in [7, 11) is 2.28. The van der Waals surface area contributed by atoms with Gasteiger partial charge in [-0.1, -0.05) is 30.3 Å². The highest BCUT2D eigenvalue weighted by Crippen LogP contribution is 2.13. The third-order valence-electron chi connectivity index (χ3n) is 4.21. The summed E-state index contributed by atoms with van der Waals surface area (Å²) in [6.45, 7) is 2.97. The topological polar surface area (TPSA) is 60.2 Å². The van der Waals surface area contributed by atoms with Crippen LogP contribution < -0.4 is 0 Å². The summed E-state index contributed by atoms with van der Waals surface area (Å²) in [6, 6.07) is 10.4. The van der Waals surface area contributed by atoms with Gasteiger partial charge in [0.1, 0.15) is 19.7 Å². The Hall–Kier alpha value is -1.74. The Labute approximate surface area is 150 Å². The van der Waals surface area contributed by atoms with Crippen molar-refractivity contribution >= 4 is 21.1 Å². The first-order valence-electron chi connectivity index (χ1n) is 8.29. The second-order valence-electron chi connectivity index (χ2n) is 5.81. The molecule has 0 aliphatic carbocycles. The molecular formula is C17H27N2O5Si+. The van der Waals surface area contributed by atoms with Crippen LogP contribution in [0.1, 0.15) is 5.56 Å².